The Labute approximate surface area is 98.9 Å². The Morgan fingerprint density at radius 1 is 1.56 bits per heavy atom. The highest BCUT2D eigenvalue weighted by molar-refractivity contribution is 7.14. The molecule has 2 N–H and O–H groups in total. The second-order valence-corrected chi connectivity index (χ2v) is 4.41. The summed E-state index contributed by atoms with van der Waals surface area (Å²) in [5.74, 6) is 1.57. The second kappa shape index (κ2) is 4.52. The highest BCUT2D eigenvalue weighted by atomic mass is 32.1. The minimum absolute atomic E-state index is 0.0392. The minimum atomic E-state index is 0.0392. The van der Waals surface area contributed by atoms with E-state index in [9.17, 15) is 0 Å². The van der Waals surface area contributed by atoms with Gasteiger partial charge in [0.2, 0.25) is 5.96 Å². The number of hydrogen-bond donors (Lipinski definition) is 2. The van der Waals surface area contributed by atoms with E-state index in [0.29, 0.717) is 0 Å². The predicted octanol–water partition coefficient (Wildman–Crippen LogP) is 1.06. The van der Waals surface area contributed by atoms with Gasteiger partial charge in [0.05, 0.1) is 5.00 Å². The van der Waals surface area contributed by atoms with Crippen molar-refractivity contribution < 1.29 is 0 Å². The predicted molar refractivity (Wildman–Crippen MR) is 69.2 cm³/mol. The van der Waals surface area contributed by atoms with Gasteiger partial charge in [0.1, 0.15) is 6.17 Å². The highest BCUT2D eigenvalue weighted by Crippen LogP contribution is 2.20. The van der Waals surface area contributed by atoms with Crippen molar-refractivity contribution in [3.63, 3.8) is 0 Å². The molecule has 0 radical (unpaired) electrons. The van der Waals surface area contributed by atoms with Crippen LogP contribution in [0.15, 0.2) is 27.5 Å². The maximum atomic E-state index is 4.48. The molecule has 0 bridgehead atoms. The van der Waals surface area contributed by atoms with Crippen LogP contribution in [-0.2, 0) is 0 Å². The van der Waals surface area contributed by atoms with E-state index in [4.69, 9.17) is 0 Å². The molecular formula is C10H15N5S. The number of rotatable bonds is 1. The summed E-state index contributed by atoms with van der Waals surface area (Å²) in [7, 11) is 3.74. The molecule has 0 saturated carbocycles. The zero-order valence-electron chi connectivity index (χ0n) is 9.56. The van der Waals surface area contributed by atoms with Crippen LogP contribution >= 0.6 is 11.3 Å². The van der Waals surface area contributed by atoms with Crippen molar-refractivity contribution in [2.45, 2.75) is 13.1 Å². The van der Waals surface area contributed by atoms with Gasteiger partial charge in [-0.2, -0.15) is 0 Å². The lowest BCUT2D eigenvalue weighted by Gasteiger charge is -2.28. The Bertz CT molecular complexity index is 409. The van der Waals surface area contributed by atoms with E-state index in [1.165, 1.54) is 0 Å². The summed E-state index contributed by atoms with van der Waals surface area (Å²) in [4.78, 5) is 10.6. The first kappa shape index (κ1) is 10.9. The Morgan fingerprint density at radius 2 is 2.38 bits per heavy atom. The third-order valence-electron chi connectivity index (χ3n) is 2.27. The van der Waals surface area contributed by atoms with E-state index in [2.05, 4.69) is 26.7 Å². The first-order valence-electron chi connectivity index (χ1n) is 5.06. The van der Waals surface area contributed by atoms with Gasteiger partial charge in [0.15, 0.2) is 5.96 Å². The molecule has 1 aliphatic heterocycles. The van der Waals surface area contributed by atoms with Crippen molar-refractivity contribution >= 4 is 28.3 Å². The number of thiophene rings is 1. The zero-order valence-corrected chi connectivity index (χ0v) is 10.4. The van der Waals surface area contributed by atoms with Gasteiger partial charge in [0.25, 0.3) is 0 Å². The number of hydrogen-bond acceptors (Lipinski definition) is 4. The largest absolute Gasteiger partial charge is 0.334 e. The summed E-state index contributed by atoms with van der Waals surface area (Å²) in [6.45, 7) is 1.99. The van der Waals surface area contributed by atoms with Crippen molar-refractivity contribution in [2.75, 3.05) is 19.0 Å². The van der Waals surface area contributed by atoms with E-state index in [-0.39, 0.29) is 6.17 Å². The summed E-state index contributed by atoms with van der Waals surface area (Å²) in [6, 6.07) is 4.08. The van der Waals surface area contributed by atoms with E-state index in [1.54, 1.807) is 18.4 Å². The van der Waals surface area contributed by atoms with Crippen LogP contribution in [-0.4, -0.2) is 32.2 Å². The van der Waals surface area contributed by atoms with E-state index in [1.807, 2.05) is 30.3 Å². The van der Waals surface area contributed by atoms with Crippen LogP contribution in [0.5, 0.6) is 0 Å². The molecule has 2 heterocycles. The zero-order chi connectivity index (χ0) is 11.5. The number of guanidine groups is 2. The van der Waals surface area contributed by atoms with Crippen molar-refractivity contribution in [1.29, 1.82) is 0 Å². The van der Waals surface area contributed by atoms with Crippen LogP contribution in [0.1, 0.15) is 6.92 Å². The number of aliphatic imine (C=N–C) groups is 2. The summed E-state index contributed by atoms with van der Waals surface area (Å²) in [6.07, 6.45) is 0.0392. The molecule has 6 heteroatoms. The Kier molecular flexibility index (Phi) is 3.09. The van der Waals surface area contributed by atoms with Gasteiger partial charge in [-0.25, -0.2) is 4.99 Å². The molecule has 0 amide bonds. The van der Waals surface area contributed by atoms with Gasteiger partial charge in [-0.3, -0.25) is 10.3 Å². The molecule has 1 atom stereocenters. The number of nitrogens with zero attached hydrogens (tertiary/aromatic N) is 3. The first-order valence-corrected chi connectivity index (χ1v) is 5.94. The molecule has 1 aromatic heterocycles. The van der Waals surface area contributed by atoms with Gasteiger partial charge in [-0.1, -0.05) is 0 Å². The summed E-state index contributed by atoms with van der Waals surface area (Å²) in [5, 5.41) is 9.46. The molecule has 16 heavy (non-hydrogen) atoms. The van der Waals surface area contributed by atoms with Crippen molar-refractivity contribution in [1.82, 2.24) is 10.6 Å². The SMILES string of the molecule is CN=C1NC(N(C)c2cccs2)=NC(C)N1. The van der Waals surface area contributed by atoms with E-state index < -0.39 is 0 Å². The maximum absolute atomic E-state index is 4.48. The van der Waals surface area contributed by atoms with Gasteiger partial charge in [-0.05, 0) is 24.4 Å². The highest BCUT2D eigenvalue weighted by Gasteiger charge is 2.18. The minimum Gasteiger partial charge on any atom is -0.334 e. The molecule has 2 rings (SSSR count). The number of anilines is 1. The lowest BCUT2D eigenvalue weighted by molar-refractivity contribution is 0.664. The Hall–Kier alpha value is -1.56. The fraction of sp³-hybridized carbons (Fsp3) is 0.400. The monoisotopic (exact) mass is 237 g/mol. The van der Waals surface area contributed by atoms with Crippen LogP contribution in [0.4, 0.5) is 5.00 Å². The molecule has 0 saturated heterocycles. The average molecular weight is 237 g/mol. The Balaban J connectivity index is 2.21. The fourth-order valence-corrected chi connectivity index (χ4v) is 2.14. The third-order valence-corrected chi connectivity index (χ3v) is 3.21. The van der Waals surface area contributed by atoms with Crippen LogP contribution in [0.3, 0.4) is 0 Å². The Morgan fingerprint density at radius 3 is 3.00 bits per heavy atom. The first-order chi connectivity index (χ1) is 7.70. The standard InChI is InChI=1S/C10H15N5S/c1-7-12-9(11-2)14-10(13-7)15(3)8-5-4-6-16-8/h4-7H,1-3H3,(H2,11,12,13,14). The van der Waals surface area contributed by atoms with E-state index >= 15 is 0 Å². The van der Waals surface area contributed by atoms with Crippen molar-refractivity contribution in [3.05, 3.63) is 17.5 Å². The van der Waals surface area contributed by atoms with Crippen LogP contribution in [0.25, 0.3) is 0 Å². The smallest absolute Gasteiger partial charge is 0.207 e. The van der Waals surface area contributed by atoms with Crippen LogP contribution in [0, 0.1) is 0 Å². The summed E-state index contributed by atoms with van der Waals surface area (Å²) in [5.41, 5.74) is 0. The van der Waals surface area contributed by atoms with Crippen LogP contribution in [0.2, 0.25) is 0 Å². The average Bonchev–Trinajstić information content (AvgIpc) is 2.80. The topological polar surface area (TPSA) is 52.0 Å². The van der Waals surface area contributed by atoms with E-state index in [0.717, 1.165) is 16.9 Å². The van der Waals surface area contributed by atoms with Crippen molar-refractivity contribution in [3.8, 4) is 0 Å². The van der Waals surface area contributed by atoms with Crippen molar-refractivity contribution in [2.24, 2.45) is 9.98 Å². The molecule has 0 fully saturated rings. The summed E-state index contributed by atoms with van der Waals surface area (Å²) < 4.78 is 0. The number of nitrogens with one attached hydrogen (secondary N) is 2. The van der Waals surface area contributed by atoms with Crippen LogP contribution < -0.4 is 15.5 Å². The molecule has 86 valence electrons. The normalized spacial score (nSPS) is 22.3. The molecule has 1 unspecified atom stereocenters. The van der Waals surface area contributed by atoms with Gasteiger partial charge in [0, 0.05) is 14.1 Å². The lowest BCUT2D eigenvalue weighted by Crippen LogP contribution is -2.54. The maximum Gasteiger partial charge on any atom is 0.207 e. The molecular weight excluding hydrogens is 222 g/mol. The third kappa shape index (κ3) is 2.16. The van der Waals surface area contributed by atoms with Gasteiger partial charge < -0.3 is 10.2 Å². The molecule has 5 nitrogen and oxygen atoms in total. The lowest BCUT2D eigenvalue weighted by atomic mass is 10.5. The second-order valence-electron chi connectivity index (χ2n) is 3.48. The fourth-order valence-electron chi connectivity index (χ4n) is 1.44. The molecule has 0 spiro atoms. The van der Waals surface area contributed by atoms with Gasteiger partial charge in [-0.15, -0.1) is 11.3 Å². The molecule has 0 aliphatic carbocycles. The summed E-state index contributed by atoms with van der Waals surface area (Å²) >= 11 is 1.68. The molecule has 1 aromatic rings. The quantitative estimate of drug-likeness (QED) is 0.768. The van der Waals surface area contributed by atoms with Gasteiger partial charge >= 0.3 is 0 Å². The molecule has 1 aliphatic rings. The molecule has 0 aromatic carbocycles.